The Hall–Kier alpha value is -3.66. The van der Waals surface area contributed by atoms with Gasteiger partial charge in [-0.3, -0.25) is 9.69 Å². The number of fused-ring (bicyclic) bond motifs is 1. The van der Waals surface area contributed by atoms with Gasteiger partial charge in [-0.15, -0.1) is 5.10 Å². The standard InChI is InChI=1S/C24H27N7O3/c1-17-12-20-13-18(2-4-21(20)24(33)34-17)6-7-29-8-10-30(11-9-29)23(32)14-19-3-5-22(25-15-19)31-16-26-27-28-31/h2-5,13,15-17H,6-12,14H2,1H3/t17-/m0/s1. The van der Waals surface area contributed by atoms with Crippen LogP contribution in [0.15, 0.2) is 42.9 Å². The molecular weight excluding hydrogens is 434 g/mol. The number of piperazine rings is 1. The van der Waals surface area contributed by atoms with Crippen molar-refractivity contribution in [3.63, 3.8) is 0 Å². The van der Waals surface area contributed by atoms with Gasteiger partial charge in [-0.05, 0) is 52.6 Å². The van der Waals surface area contributed by atoms with E-state index in [0.717, 1.165) is 56.7 Å². The molecule has 2 aliphatic heterocycles. The lowest BCUT2D eigenvalue weighted by Gasteiger charge is -2.35. The van der Waals surface area contributed by atoms with E-state index in [9.17, 15) is 9.59 Å². The van der Waals surface area contributed by atoms with Crippen LogP contribution < -0.4 is 0 Å². The van der Waals surface area contributed by atoms with E-state index in [1.807, 2.05) is 30.0 Å². The normalized spacial score (nSPS) is 18.4. The van der Waals surface area contributed by atoms with Crippen LogP contribution in [0.4, 0.5) is 0 Å². The molecule has 1 amide bonds. The number of hydrogen-bond acceptors (Lipinski definition) is 8. The molecule has 2 aromatic heterocycles. The van der Waals surface area contributed by atoms with Crippen LogP contribution in [0, 0.1) is 0 Å². The first-order chi connectivity index (χ1) is 16.5. The Balaban J connectivity index is 1.09. The molecule has 34 heavy (non-hydrogen) atoms. The van der Waals surface area contributed by atoms with Gasteiger partial charge in [0.15, 0.2) is 5.82 Å². The van der Waals surface area contributed by atoms with Crippen molar-refractivity contribution in [3.05, 3.63) is 65.1 Å². The zero-order valence-electron chi connectivity index (χ0n) is 19.1. The molecule has 0 spiro atoms. The fraction of sp³-hybridized carbons (Fsp3) is 0.417. The molecule has 2 aliphatic rings. The van der Waals surface area contributed by atoms with Gasteiger partial charge in [0, 0.05) is 45.3 Å². The van der Waals surface area contributed by atoms with Crippen LogP contribution >= 0.6 is 0 Å². The van der Waals surface area contributed by atoms with Crippen LogP contribution in [0.5, 0.6) is 0 Å². The molecule has 0 unspecified atom stereocenters. The van der Waals surface area contributed by atoms with Crippen molar-refractivity contribution in [2.75, 3.05) is 32.7 Å². The summed E-state index contributed by atoms with van der Waals surface area (Å²) in [4.78, 5) is 33.4. The number of benzene rings is 1. The maximum atomic E-state index is 12.8. The van der Waals surface area contributed by atoms with Gasteiger partial charge < -0.3 is 9.64 Å². The molecule has 0 saturated carbocycles. The molecule has 176 valence electrons. The van der Waals surface area contributed by atoms with Crippen molar-refractivity contribution in [1.29, 1.82) is 0 Å². The quantitative estimate of drug-likeness (QED) is 0.502. The molecule has 0 radical (unpaired) electrons. The number of tetrazole rings is 1. The maximum absolute atomic E-state index is 12.8. The minimum Gasteiger partial charge on any atom is -0.459 e. The summed E-state index contributed by atoms with van der Waals surface area (Å²) in [7, 11) is 0. The van der Waals surface area contributed by atoms with Crippen LogP contribution in [0.25, 0.3) is 5.82 Å². The van der Waals surface area contributed by atoms with Crippen LogP contribution in [0.2, 0.25) is 0 Å². The summed E-state index contributed by atoms with van der Waals surface area (Å²) >= 11 is 0. The molecule has 1 saturated heterocycles. The zero-order valence-corrected chi connectivity index (χ0v) is 19.1. The smallest absolute Gasteiger partial charge is 0.338 e. The Kier molecular flexibility index (Phi) is 6.31. The van der Waals surface area contributed by atoms with E-state index >= 15 is 0 Å². The Morgan fingerprint density at radius 2 is 1.94 bits per heavy atom. The van der Waals surface area contributed by atoms with E-state index in [0.29, 0.717) is 17.8 Å². The van der Waals surface area contributed by atoms with Crippen LogP contribution in [-0.4, -0.2) is 85.7 Å². The van der Waals surface area contributed by atoms with Gasteiger partial charge in [-0.2, -0.15) is 4.68 Å². The number of rotatable bonds is 6. The molecule has 1 atom stereocenters. The summed E-state index contributed by atoms with van der Waals surface area (Å²) in [6.45, 7) is 6.03. The lowest BCUT2D eigenvalue weighted by molar-refractivity contribution is -0.132. The third kappa shape index (κ3) is 4.96. The Bertz CT molecular complexity index is 1160. The van der Waals surface area contributed by atoms with Crippen molar-refractivity contribution >= 4 is 11.9 Å². The first kappa shape index (κ1) is 22.1. The average molecular weight is 462 g/mol. The minimum absolute atomic E-state index is 0.0689. The fourth-order valence-corrected chi connectivity index (χ4v) is 4.49. The van der Waals surface area contributed by atoms with Gasteiger partial charge in [-0.25, -0.2) is 9.78 Å². The van der Waals surface area contributed by atoms with Crippen molar-refractivity contribution in [3.8, 4) is 5.82 Å². The number of aromatic nitrogens is 5. The average Bonchev–Trinajstić information content (AvgIpc) is 3.38. The first-order valence-electron chi connectivity index (χ1n) is 11.6. The molecule has 1 aromatic carbocycles. The van der Waals surface area contributed by atoms with Crippen molar-refractivity contribution in [2.45, 2.75) is 32.3 Å². The summed E-state index contributed by atoms with van der Waals surface area (Å²) in [6, 6.07) is 9.75. The summed E-state index contributed by atoms with van der Waals surface area (Å²) in [6.07, 6.45) is 5.13. The van der Waals surface area contributed by atoms with Crippen LogP contribution in [0.3, 0.4) is 0 Å². The fourth-order valence-electron chi connectivity index (χ4n) is 4.49. The molecule has 5 rings (SSSR count). The number of esters is 1. The molecule has 1 fully saturated rings. The van der Waals surface area contributed by atoms with Gasteiger partial charge in [0.05, 0.1) is 12.0 Å². The highest BCUT2D eigenvalue weighted by Gasteiger charge is 2.24. The summed E-state index contributed by atoms with van der Waals surface area (Å²) in [5.41, 5.74) is 3.87. The highest BCUT2D eigenvalue weighted by Crippen LogP contribution is 2.22. The Labute approximate surface area is 197 Å². The van der Waals surface area contributed by atoms with Gasteiger partial charge in [0.2, 0.25) is 5.91 Å². The molecule has 3 aromatic rings. The molecule has 10 nitrogen and oxygen atoms in total. The number of amides is 1. The maximum Gasteiger partial charge on any atom is 0.338 e. The largest absolute Gasteiger partial charge is 0.459 e. The van der Waals surface area contributed by atoms with E-state index < -0.39 is 0 Å². The first-order valence-corrected chi connectivity index (χ1v) is 11.6. The van der Waals surface area contributed by atoms with E-state index in [4.69, 9.17) is 4.74 Å². The van der Waals surface area contributed by atoms with Crippen molar-refractivity contribution < 1.29 is 14.3 Å². The molecule has 4 heterocycles. The van der Waals surface area contributed by atoms with Gasteiger partial charge in [-0.1, -0.05) is 18.2 Å². The number of nitrogens with zero attached hydrogens (tertiary/aromatic N) is 7. The number of carbonyl (C=O) groups excluding carboxylic acids is 2. The third-order valence-corrected chi connectivity index (χ3v) is 6.40. The van der Waals surface area contributed by atoms with E-state index in [1.165, 1.54) is 16.6 Å². The van der Waals surface area contributed by atoms with E-state index in [2.05, 4.69) is 31.5 Å². The van der Waals surface area contributed by atoms with Crippen molar-refractivity contribution in [1.82, 2.24) is 35.0 Å². The highest BCUT2D eigenvalue weighted by atomic mass is 16.5. The second kappa shape index (κ2) is 9.68. The van der Waals surface area contributed by atoms with E-state index in [-0.39, 0.29) is 18.0 Å². The summed E-state index contributed by atoms with van der Waals surface area (Å²) < 4.78 is 6.78. The molecule has 0 N–H and O–H groups in total. The SMILES string of the molecule is C[C@H]1Cc2cc(CCN3CCN(C(=O)Cc4ccc(-n5cnnn5)nc4)CC3)ccc2C(=O)O1. The summed E-state index contributed by atoms with van der Waals surface area (Å²) in [5.74, 6) is 0.510. The van der Waals surface area contributed by atoms with Crippen molar-refractivity contribution in [2.24, 2.45) is 0 Å². The number of pyridine rings is 1. The highest BCUT2D eigenvalue weighted by molar-refractivity contribution is 5.92. The summed E-state index contributed by atoms with van der Waals surface area (Å²) in [5, 5.41) is 11.0. The topological polar surface area (TPSA) is 106 Å². The zero-order chi connectivity index (χ0) is 23.5. The van der Waals surface area contributed by atoms with Gasteiger partial charge in [0.1, 0.15) is 12.4 Å². The van der Waals surface area contributed by atoms with Gasteiger partial charge in [0.25, 0.3) is 0 Å². The monoisotopic (exact) mass is 461 g/mol. The Morgan fingerprint density at radius 3 is 2.68 bits per heavy atom. The number of carbonyl (C=O) groups is 2. The second-order valence-corrected chi connectivity index (χ2v) is 8.84. The Morgan fingerprint density at radius 1 is 1.12 bits per heavy atom. The lowest BCUT2D eigenvalue weighted by Crippen LogP contribution is -2.49. The van der Waals surface area contributed by atoms with Crippen LogP contribution in [0.1, 0.15) is 34.0 Å². The predicted octanol–water partition coefficient (Wildman–Crippen LogP) is 1.09. The predicted molar refractivity (Wildman–Crippen MR) is 122 cm³/mol. The lowest BCUT2D eigenvalue weighted by atomic mass is 9.96. The third-order valence-electron chi connectivity index (χ3n) is 6.40. The second-order valence-electron chi connectivity index (χ2n) is 8.84. The minimum atomic E-state index is -0.222. The molecule has 0 bridgehead atoms. The number of cyclic esters (lactones) is 1. The van der Waals surface area contributed by atoms with E-state index in [1.54, 1.807) is 12.3 Å². The van der Waals surface area contributed by atoms with Crippen LogP contribution in [-0.2, 0) is 28.8 Å². The number of ether oxygens (including phenoxy) is 1. The molecule has 10 heteroatoms. The number of hydrogen-bond donors (Lipinski definition) is 0. The molecule has 0 aliphatic carbocycles. The van der Waals surface area contributed by atoms with Gasteiger partial charge >= 0.3 is 5.97 Å². The molecular formula is C24H27N7O3.